The fraction of sp³-hybridized carbons (Fsp3) is 0.667. The largest absolute Gasteiger partial charge is 0.272 e. The summed E-state index contributed by atoms with van der Waals surface area (Å²) in [6, 6.07) is 0. The van der Waals surface area contributed by atoms with Crippen molar-refractivity contribution in [1.29, 1.82) is 0 Å². The van der Waals surface area contributed by atoms with Crippen LogP contribution in [-0.2, 0) is 32.7 Å². The first-order valence-corrected chi connectivity index (χ1v) is 4.71. The maximum Gasteiger partial charge on any atom is 0 e. The summed E-state index contributed by atoms with van der Waals surface area (Å²) in [7, 11) is 0. The molecule has 0 aliphatic carbocycles. The zero-order valence-electron chi connectivity index (χ0n) is 9.65. The van der Waals surface area contributed by atoms with Gasteiger partial charge in [-0.15, -0.1) is 6.42 Å². The second-order valence-corrected chi connectivity index (χ2v) is 4.08. The van der Waals surface area contributed by atoms with Crippen LogP contribution in [0.2, 0.25) is 0 Å². The van der Waals surface area contributed by atoms with E-state index in [1.54, 1.807) is 0 Å². The van der Waals surface area contributed by atoms with E-state index in [4.69, 9.17) is 0 Å². The quantitative estimate of drug-likeness (QED) is 0.525. The van der Waals surface area contributed by atoms with Crippen LogP contribution in [0.4, 0.5) is 0 Å². The van der Waals surface area contributed by atoms with E-state index in [-0.39, 0.29) is 32.7 Å². The molecule has 73 valence electrons. The van der Waals surface area contributed by atoms with Crippen LogP contribution in [0.5, 0.6) is 0 Å². The molecule has 0 unspecified atom stereocenters. The summed E-state index contributed by atoms with van der Waals surface area (Å²) < 4.78 is 0. The molecule has 0 bridgehead atoms. The molecule has 0 amide bonds. The van der Waals surface area contributed by atoms with Crippen molar-refractivity contribution in [3.8, 4) is 0 Å². The van der Waals surface area contributed by atoms with Crippen LogP contribution >= 0.6 is 0 Å². The van der Waals surface area contributed by atoms with Gasteiger partial charge >= 0.3 is 0 Å². The van der Waals surface area contributed by atoms with Crippen LogP contribution in [-0.4, -0.2) is 0 Å². The van der Waals surface area contributed by atoms with Gasteiger partial charge in [0.15, 0.2) is 0 Å². The predicted octanol–water partition coefficient (Wildman–Crippen LogP) is 3.99. The third-order valence-electron chi connectivity index (χ3n) is 1.95. The van der Waals surface area contributed by atoms with Crippen LogP contribution in [0.3, 0.4) is 0 Å². The van der Waals surface area contributed by atoms with Gasteiger partial charge in [-0.05, 0) is 0 Å². The Bertz CT molecular complexity index is 176. The fourth-order valence-electron chi connectivity index (χ4n) is 0.904. The molecule has 0 aliphatic heterocycles. The third-order valence-corrected chi connectivity index (χ3v) is 1.95. The average Bonchev–Trinajstić information content (AvgIpc) is 1.98. The molecule has 0 spiro atoms. The van der Waals surface area contributed by atoms with Crippen molar-refractivity contribution in [3.05, 3.63) is 23.8 Å². The first-order valence-electron chi connectivity index (χ1n) is 4.71. The Morgan fingerprint density at radius 3 is 2.00 bits per heavy atom. The van der Waals surface area contributed by atoms with Crippen molar-refractivity contribution in [1.82, 2.24) is 0 Å². The van der Waals surface area contributed by atoms with E-state index in [1.165, 1.54) is 11.1 Å². The van der Waals surface area contributed by atoms with Crippen LogP contribution in [0.25, 0.3) is 0 Å². The van der Waals surface area contributed by atoms with Crippen molar-refractivity contribution < 1.29 is 32.7 Å². The minimum atomic E-state index is 0. The number of allylic oxidation sites excluding steroid dienone is 3. The molecule has 1 heteroatoms. The Morgan fingerprint density at radius 2 is 1.69 bits per heavy atom. The maximum atomic E-state index is 4.03. The smallest absolute Gasteiger partial charge is 0 e. The van der Waals surface area contributed by atoms with Gasteiger partial charge in [-0.25, -0.2) is 5.57 Å². The van der Waals surface area contributed by atoms with E-state index in [0.717, 1.165) is 6.42 Å². The number of hydrogen-bond donors (Lipinski definition) is 0. The molecule has 0 N–H and O–H groups in total. The van der Waals surface area contributed by atoms with E-state index in [2.05, 4.69) is 47.3 Å². The van der Waals surface area contributed by atoms with Gasteiger partial charge in [-0.2, -0.15) is 12.2 Å². The molecule has 0 heterocycles. The van der Waals surface area contributed by atoms with Gasteiger partial charge in [0, 0.05) is 32.7 Å². The topological polar surface area (TPSA) is 0 Å². The van der Waals surface area contributed by atoms with Gasteiger partial charge in [0.1, 0.15) is 0 Å². The first kappa shape index (κ1) is 16.0. The van der Waals surface area contributed by atoms with Gasteiger partial charge in [-0.1, -0.05) is 46.5 Å². The number of hydrogen-bond acceptors (Lipinski definition) is 0. The van der Waals surface area contributed by atoms with Crippen molar-refractivity contribution in [2.75, 3.05) is 0 Å². The molecule has 1 radical (unpaired) electrons. The predicted molar refractivity (Wildman–Crippen MR) is 55.9 cm³/mol. The fourth-order valence-corrected chi connectivity index (χ4v) is 0.904. The summed E-state index contributed by atoms with van der Waals surface area (Å²) in [6.07, 6.45) is 4.42. The van der Waals surface area contributed by atoms with Gasteiger partial charge in [0.05, 0.1) is 0 Å². The molecule has 13 heavy (non-hydrogen) atoms. The standard InChI is InChI=1S/C12H21.Y/c1-9(2)7-8-11(5)12(6)10(3)4;/h9-10H,6-7H2,1-5H3;/q-1;. The molecule has 0 aromatic carbocycles. The average molecular weight is 254 g/mol. The molecule has 0 nitrogen and oxygen atoms in total. The van der Waals surface area contributed by atoms with Crippen molar-refractivity contribution in [3.63, 3.8) is 0 Å². The zero-order valence-corrected chi connectivity index (χ0v) is 12.5. The van der Waals surface area contributed by atoms with Gasteiger partial charge in [-0.3, -0.25) is 6.08 Å². The second kappa shape index (κ2) is 7.94. The van der Waals surface area contributed by atoms with E-state index in [9.17, 15) is 0 Å². The molecular formula is C12H21Y-. The Labute approximate surface area is 109 Å². The van der Waals surface area contributed by atoms with Crippen molar-refractivity contribution in [2.24, 2.45) is 11.8 Å². The molecule has 0 atom stereocenters. The van der Waals surface area contributed by atoms with E-state index >= 15 is 0 Å². The normalized spacial score (nSPS) is 11.8. The van der Waals surface area contributed by atoms with Crippen molar-refractivity contribution >= 4 is 0 Å². The summed E-state index contributed by atoms with van der Waals surface area (Å²) in [5.41, 5.74) is 2.45. The minimum Gasteiger partial charge on any atom is -0.272 e. The molecule has 0 saturated heterocycles. The minimum absolute atomic E-state index is 0. The summed E-state index contributed by atoms with van der Waals surface area (Å²) in [6.45, 7) is 14.9. The summed E-state index contributed by atoms with van der Waals surface area (Å²) >= 11 is 0. The monoisotopic (exact) mass is 254 g/mol. The van der Waals surface area contributed by atoms with Gasteiger partial charge < -0.3 is 0 Å². The summed E-state index contributed by atoms with van der Waals surface area (Å²) in [5.74, 6) is 1.24. The van der Waals surface area contributed by atoms with E-state index in [1.807, 2.05) is 0 Å². The van der Waals surface area contributed by atoms with Gasteiger partial charge in [0.25, 0.3) is 0 Å². The second-order valence-electron chi connectivity index (χ2n) is 4.08. The van der Waals surface area contributed by atoms with Crippen LogP contribution in [0, 0.1) is 17.9 Å². The van der Waals surface area contributed by atoms with Gasteiger partial charge in [0.2, 0.25) is 0 Å². The molecule has 0 aromatic heterocycles. The third kappa shape index (κ3) is 7.64. The van der Waals surface area contributed by atoms with Crippen molar-refractivity contribution in [2.45, 2.75) is 41.0 Å². The molecular weight excluding hydrogens is 233 g/mol. The Kier molecular flexibility index (Phi) is 9.79. The maximum absolute atomic E-state index is 4.03. The van der Waals surface area contributed by atoms with E-state index < -0.39 is 0 Å². The van der Waals surface area contributed by atoms with E-state index in [0.29, 0.717) is 11.8 Å². The Balaban J connectivity index is 0. The first-order chi connectivity index (χ1) is 5.45. The van der Waals surface area contributed by atoms with Crippen LogP contribution in [0.15, 0.2) is 17.7 Å². The number of rotatable bonds is 4. The Morgan fingerprint density at radius 1 is 1.23 bits per heavy atom. The summed E-state index contributed by atoms with van der Waals surface area (Å²) in [4.78, 5) is 0. The molecule has 0 rings (SSSR count). The van der Waals surface area contributed by atoms with Crippen LogP contribution < -0.4 is 0 Å². The molecule has 0 fully saturated rings. The Hall–Kier alpha value is 0.584. The molecule has 0 aliphatic rings. The summed E-state index contributed by atoms with van der Waals surface area (Å²) in [5, 5.41) is 0. The molecule has 0 aromatic rings. The van der Waals surface area contributed by atoms with Crippen LogP contribution in [0.1, 0.15) is 41.0 Å². The molecule has 0 saturated carbocycles. The SMILES string of the molecule is C=C(C(C)=[C-]CC(C)C)C(C)C.[Y]. The zero-order chi connectivity index (χ0) is 9.72.